The van der Waals surface area contributed by atoms with Crippen LogP contribution in [0.15, 0.2) is 24.3 Å². The van der Waals surface area contributed by atoms with Gasteiger partial charge < -0.3 is 9.84 Å². The number of para-hydroxylation sites is 1. The summed E-state index contributed by atoms with van der Waals surface area (Å²) in [5, 5.41) is 9.65. The van der Waals surface area contributed by atoms with E-state index in [4.69, 9.17) is 4.74 Å². The first kappa shape index (κ1) is 16.3. The number of hydrogen-bond donors (Lipinski definition) is 1. The molecule has 4 heteroatoms. The SMILES string of the molecule is CC(C)Oc1ccccc1CN1C(C(=O)O)CC2CCCCC21. The van der Waals surface area contributed by atoms with Crippen molar-refractivity contribution in [2.24, 2.45) is 5.92 Å². The van der Waals surface area contributed by atoms with Crippen LogP contribution in [0, 0.1) is 5.92 Å². The summed E-state index contributed by atoms with van der Waals surface area (Å²) in [6, 6.07) is 8.09. The highest BCUT2D eigenvalue weighted by Gasteiger charge is 2.45. The van der Waals surface area contributed by atoms with Crippen LogP contribution in [0.1, 0.15) is 51.5 Å². The number of rotatable bonds is 5. The smallest absolute Gasteiger partial charge is 0.320 e. The fourth-order valence-electron chi connectivity index (χ4n) is 4.22. The lowest BCUT2D eigenvalue weighted by Crippen LogP contribution is -2.41. The Hall–Kier alpha value is -1.55. The summed E-state index contributed by atoms with van der Waals surface area (Å²) >= 11 is 0. The van der Waals surface area contributed by atoms with Crippen LogP contribution in [0.25, 0.3) is 0 Å². The first-order valence-corrected chi connectivity index (χ1v) is 8.79. The second kappa shape index (κ2) is 6.91. The fourth-order valence-corrected chi connectivity index (χ4v) is 4.22. The minimum atomic E-state index is -0.679. The molecule has 0 bridgehead atoms. The first-order chi connectivity index (χ1) is 11.1. The fraction of sp³-hybridized carbons (Fsp3) is 0.632. The molecule has 1 aromatic carbocycles. The molecule has 1 N–H and O–H groups in total. The molecule has 1 heterocycles. The van der Waals surface area contributed by atoms with E-state index < -0.39 is 5.97 Å². The van der Waals surface area contributed by atoms with Gasteiger partial charge in [-0.3, -0.25) is 9.69 Å². The number of carbonyl (C=O) groups is 1. The maximum absolute atomic E-state index is 11.7. The third-order valence-electron chi connectivity index (χ3n) is 5.19. The molecule has 3 rings (SSSR count). The summed E-state index contributed by atoms with van der Waals surface area (Å²) in [5.74, 6) is 0.746. The van der Waals surface area contributed by atoms with E-state index in [0.29, 0.717) is 18.5 Å². The Labute approximate surface area is 138 Å². The number of aliphatic carboxylic acids is 1. The molecule has 1 aliphatic carbocycles. The monoisotopic (exact) mass is 317 g/mol. The molecule has 0 spiro atoms. The highest BCUT2D eigenvalue weighted by Crippen LogP contribution is 2.41. The minimum absolute atomic E-state index is 0.118. The normalized spacial score (nSPS) is 27.9. The largest absolute Gasteiger partial charge is 0.491 e. The van der Waals surface area contributed by atoms with Gasteiger partial charge >= 0.3 is 5.97 Å². The van der Waals surface area contributed by atoms with Gasteiger partial charge in [0.2, 0.25) is 0 Å². The van der Waals surface area contributed by atoms with Crippen LogP contribution in [0.2, 0.25) is 0 Å². The summed E-state index contributed by atoms with van der Waals surface area (Å²) < 4.78 is 5.91. The van der Waals surface area contributed by atoms with Crippen molar-refractivity contribution in [1.29, 1.82) is 0 Å². The first-order valence-electron chi connectivity index (χ1n) is 8.79. The van der Waals surface area contributed by atoms with Crippen molar-refractivity contribution in [3.63, 3.8) is 0 Å². The lowest BCUT2D eigenvalue weighted by atomic mass is 9.84. The molecule has 0 aromatic heterocycles. The van der Waals surface area contributed by atoms with Crippen molar-refractivity contribution in [1.82, 2.24) is 4.90 Å². The summed E-state index contributed by atoms with van der Waals surface area (Å²) in [5.41, 5.74) is 1.10. The van der Waals surface area contributed by atoms with Crippen molar-refractivity contribution >= 4 is 5.97 Å². The number of carboxylic acid groups (broad SMARTS) is 1. The van der Waals surface area contributed by atoms with E-state index in [-0.39, 0.29) is 12.1 Å². The van der Waals surface area contributed by atoms with Crippen molar-refractivity contribution in [2.45, 2.75) is 70.7 Å². The summed E-state index contributed by atoms with van der Waals surface area (Å²) in [7, 11) is 0. The zero-order valence-corrected chi connectivity index (χ0v) is 14.1. The highest BCUT2D eigenvalue weighted by atomic mass is 16.5. The van der Waals surface area contributed by atoms with Gasteiger partial charge in [-0.2, -0.15) is 0 Å². The Kier molecular flexibility index (Phi) is 4.90. The van der Waals surface area contributed by atoms with Crippen LogP contribution in [0.5, 0.6) is 5.75 Å². The van der Waals surface area contributed by atoms with Gasteiger partial charge in [0.1, 0.15) is 11.8 Å². The zero-order chi connectivity index (χ0) is 16.4. The van der Waals surface area contributed by atoms with Gasteiger partial charge in [0.05, 0.1) is 6.10 Å². The van der Waals surface area contributed by atoms with E-state index in [9.17, 15) is 9.90 Å². The Bertz CT molecular complexity index is 557. The van der Waals surface area contributed by atoms with Crippen LogP contribution in [-0.2, 0) is 11.3 Å². The average Bonchev–Trinajstić information content (AvgIpc) is 2.88. The number of carboxylic acids is 1. The summed E-state index contributed by atoms with van der Waals surface area (Å²) in [4.78, 5) is 14.0. The van der Waals surface area contributed by atoms with Crippen LogP contribution in [0.4, 0.5) is 0 Å². The van der Waals surface area contributed by atoms with Crippen LogP contribution in [-0.4, -0.2) is 34.2 Å². The van der Waals surface area contributed by atoms with Gasteiger partial charge in [0, 0.05) is 18.2 Å². The molecule has 1 aromatic rings. The topological polar surface area (TPSA) is 49.8 Å². The number of likely N-dealkylation sites (tertiary alicyclic amines) is 1. The predicted molar refractivity (Wildman–Crippen MR) is 89.5 cm³/mol. The van der Waals surface area contributed by atoms with Gasteiger partial charge in [-0.05, 0) is 45.1 Å². The Morgan fingerprint density at radius 1 is 1.30 bits per heavy atom. The molecule has 126 valence electrons. The standard InChI is InChI=1S/C19H27NO3/c1-13(2)23-18-10-6-4-8-15(18)12-20-16-9-5-3-7-14(16)11-17(20)19(21)22/h4,6,8,10,13-14,16-17H,3,5,7,9,11-12H2,1-2H3,(H,21,22). The molecule has 1 aliphatic heterocycles. The average molecular weight is 317 g/mol. The maximum atomic E-state index is 11.7. The molecule has 2 fully saturated rings. The van der Waals surface area contributed by atoms with E-state index in [1.807, 2.05) is 32.0 Å². The molecule has 3 unspecified atom stereocenters. The van der Waals surface area contributed by atoms with E-state index in [0.717, 1.165) is 24.2 Å². The predicted octanol–water partition coefficient (Wildman–Crippen LogP) is 3.69. The maximum Gasteiger partial charge on any atom is 0.320 e. The second-order valence-corrected chi connectivity index (χ2v) is 7.15. The molecule has 2 aliphatic rings. The highest BCUT2D eigenvalue weighted by molar-refractivity contribution is 5.74. The van der Waals surface area contributed by atoms with E-state index in [1.54, 1.807) is 0 Å². The lowest BCUT2D eigenvalue weighted by molar-refractivity contribution is -0.142. The Balaban J connectivity index is 1.83. The summed E-state index contributed by atoms with van der Waals surface area (Å²) in [6.07, 6.45) is 5.68. The molecule has 1 saturated heterocycles. The number of hydrogen-bond acceptors (Lipinski definition) is 3. The molecule has 23 heavy (non-hydrogen) atoms. The molecular weight excluding hydrogens is 290 g/mol. The number of benzene rings is 1. The van der Waals surface area contributed by atoms with Crippen molar-refractivity contribution in [2.75, 3.05) is 0 Å². The third kappa shape index (κ3) is 3.52. The van der Waals surface area contributed by atoms with E-state index >= 15 is 0 Å². The van der Waals surface area contributed by atoms with Gasteiger partial charge in [-0.15, -0.1) is 0 Å². The van der Waals surface area contributed by atoms with Gasteiger partial charge in [0.15, 0.2) is 0 Å². The molecule has 4 nitrogen and oxygen atoms in total. The van der Waals surface area contributed by atoms with Gasteiger partial charge in [-0.1, -0.05) is 31.0 Å². The Morgan fingerprint density at radius 3 is 2.78 bits per heavy atom. The molecular formula is C19H27NO3. The molecule has 1 saturated carbocycles. The quantitative estimate of drug-likeness (QED) is 0.900. The number of ether oxygens (including phenoxy) is 1. The van der Waals surface area contributed by atoms with Crippen molar-refractivity contribution in [3.05, 3.63) is 29.8 Å². The third-order valence-corrected chi connectivity index (χ3v) is 5.19. The van der Waals surface area contributed by atoms with Gasteiger partial charge in [0.25, 0.3) is 0 Å². The van der Waals surface area contributed by atoms with E-state index in [2.05, 4.69) is 11.0 Å². The minimum Gasteiger partial charge on any atom is -0.491 e. The zero-order valence-electron chi connectivity index (χ0n) is 14.1. The molecule has 0 radical (unpaired) electrons. The molecule has 0 amide bonds. The number of nitrogens with zero attached hydrogens (tertiary/aromatic N) is 1. The van der Waals surface area contributed by atoms with E-state index in [1.165, 1.54) is 19.3 Å². The van der Waals surface area contributed by atoms with Crippen LogP contribution in [0.3, 0.4) is 0 Å². The van der Waals surface area contributed by atoms with Gasteiger partial charge in [-0.25, -0.2) is 0 Å². The van der Waals surface area contributed by atoms with Crippen molar-refractivity contribution < 1.29 is 14.6 Å². The van der Waals surface area contributed by atoms with Crippen LogP contribution < -0.4 is 4.74 Å². The van der Waals surface area contributed by atoms with Crippen molar-refractivity contribution in [3.8, 4) is 5.75 Å². The lowest BCUT2D eigenvalue weighted by Gasteiger charge is -2.33. The van der Waals surface area contributed by atoms with Crippen LogP contribution >= 0.6 is 0 Å². The summed E-state index contributed by atoms with van der Waals surface area (Å²) in [6.45, 7) is 4.70. The Morgan fingerprint density at radius 2 is 2.04 bits per heavy atom. The number of fused-ring (bicyclic) bond motifs is 1. The molecule has 3 atom stereocenters. The second-order valence-electron chi connectivity index (χ2n) is 7.15.